The van der Waals surface area contributed by atoms with Gasteiger partial charge >= 0.3 is 8.56 Å². The summed E-state index contributed by atoms with van der Waals surface area (Å²) < 4.78 is 12.3. The van der Waals surface area contributed by atoms with E-state index in [9.17, 15) is 0 Å². The van der Waals surface area contributed by atoms with Crippen LogP contribution in [0.5, 0.6) is 0 Å². The Morgan fingerprint density at radius 3 is 1.54 bits per heavy atom. The predicted octanol–water partition coefficient (Wildman–Crippen LogP) is 8.88. The van der Waals surface area contributed by atoms with Crippen molar-refractivity contribution in [3.63, 3.8) is 0 Å². The smallest absolute Gasteiger partial charge is 0.361 e. The highest BCUT2D eigenvalue weighted by atomic mass is 28.4. The van der Waals surface area contributed by atoms with Crippen LogP contribution in [0.1, 0.15) is 130 Å². The second-order valence-corrected chi connectivity index (χ2v) is 11.7. The molecule has 0 fully saturated rings. The zero-order valence-electron chi connectivity index (χ0n) is 19.9. The zero-order valence-corrected chi connectivity index (χ0v) is 20.9. The summed E-state index contributed by atoms with van der Waals surface area (Å²) in [6.45, 7) is 13.5. The van der Waals surface area contributed by atoms with Gasteiger partial charge in [-0.25, -0.2) is 0 Å². The molecular formula is C25H52O2Si. The van der Waals surface area contributed by atoms with E-state index in [1.165, 1.54) is 89.9 Å². The van der Waals surface area contributed by atoms with Gasteiger partial charge in [0, 0.05) is 12.7 Å². The minimum absolute atomic E-state index is 0.278. The van der Waals surface area contributed by atoms with E-state index in [1.54, 1.807) is 0 Å². The molecule has 2 nitrogen and oxygen atoms in total. The summed E-state index contributed by atoms with van der Waals surface area (Å²) in [6, 6.07) is 0. The Balaban J connectivity index is 3.39. The molecular weight excluding hydrogens is 360 g/mol. The molecule has 0 aliphatic rings. The molecule has 0 aromatic rings. The summed E-state index contributed by atoms with van der Waals surface area (Å²) in [5.74, 6) is 0. The van der Waals surface area contributed by atoms with Gasteiger partial charge in [-0.05, 0) is 32.0 Å². The lowest BCUT2D eigenvalue weighted by Gasteiger charge is -2.27. The lowest BCUT2D eigenvalue weighted by atomic mass is 10.0. The van der Waals surface area contributed by atoms with Crippen LogP contribution in [0, 0.1) is 0 Å². The van der Waals surface area contributed by atoms with Crippen molar-refractivity contribution in [3.8, 4) is 0 Å². The summed E-state index contributed by atoms with van der Waals surface area (Å²) in [6.07, 6.45) is 23.5. The molecule has 0 rings (SSSR count). The molecule has 2 unspecified atom stereocenters. The average Bonchev–Trinajstić information content (AvgIpc) is 2.67. The molecule has 0 N–H and O–H groups in total. The van der Waals surface area contributed by atoms with Crippen LogP contribution in [0.3, 0.4) is 0 Å². The van der Waals surface area contributed by atoms with Gasteiger partial charge in [-0.15, -0.1) is 6.58 Å². The Hall–Kier alpha value is -0.123. The Kier molecular flexibility index (Phi) is 20.1. The highest BCUT2D eigenvalue weighted by Crippen LogP contribution is 2.16. The first-order valence-electron chi connectivity index (χ1n) is 12.5. The van der Waals surface area contributed by atoms with Gasteiger partial charge in [0.15, 0.2) is 0 Å². The summed E-state index contributed by atoms with van der Waals surface area (Å²) in [7, 11) is -2.17. The van der Waals surface area contributed by atoms with E-state index in [0.717, 1.165) is 25.9 Å². The molecule has 28 heavy (non-hydrogen) atoms. The Bertz CT molecular complexity index is 335. The fraction of sp³-hybridized carbons (Fsp3) is 0.920. The van der Waals surface area contributed by atoms with Crippen LogP contribution in [0.25, 0.3) is 0 Å². The topological polar surface area (TPSA) is 18.5 Å². The minimum atomic E-state index is -2.17. The highest BCUT2D eigenvalue weighted by Gasteiger charge is 2.29. The van der Waals surface area contributed by atoms with Crippen molar-refractivity contribution < 1.29 is 8.85 Å². The number of hydrogen-bond donors (Lipinski definition) is 0. The van der Waals surface area contributed by atoms with Crippen molar-refractivity contribution >= 4 is 8.56 Å². The molecule has 0 heterocycles. The third-order valence-corrected chi connectivity index (χ3v) is 8.03. The lowest BCUT2D eigenvalue weighted by Crippen LogP contribution is -2.40. The molecule has 0 aromatic carbocycles. The minimum Gasteiger partial charge on any atom is -0.391 e. The molecule has 168 valence electrons. The molecule has 0 saturated heterocycles. The maximum Gasteiger partial charge on any atom is 0.361 e. The molecule has 0 spiro atoms. The van der Waals surface area contributed by atoms with Crippen molar-refractivity contribution in [2.45, 2.75) is 143 Å². The van der Waals surface area contributed by atoms with Crippen LogP contribution in [-0.2, 0) is 8.85 Å². The zero-order chi connectivity index (χ0) is 20.9. The first-order valence-corrected chi connectivity index (χ1v) is 14.9. The van der Waals surface area contributed by atoms with Crippen molar-refractivity contribution in [1.29, 1.82) is 0 Å². The Morgan fingerprint density at radius 1 is 0.714 bits per heavy atom. The summed E-state index contributed by atoms with van der Waals surface area (Å²) in [4.78, 5) is 0. The van der Waals surface area contributed by atoms with E-state index in [1.807, 2.05) is 5.70 Å². The molecule has 0 bridgehead atoms. The van der Waals surface area contributed by atoms with Crippen LogP contribution in [-0.4, -0.2) is 21.3 Å². The van der Waals surface area contributed by atoms with E-state index in [4.69, 9.17) is 8.85 Å². The first kappa shape index (κ1) is 27.9. The van der Waals surface area contributed by atoms with Gasteiger partial charge in [-0.3, -0.25) is 0 Å². The van der Waals surface area contributed by atoms with Gasteiger partial charge in [0.05, 0.1) is 0 Å². The van der Waals surface area contributed by atoms with Crippen molar-refractivity contribution in [2.75, 3.05) is 6.61 Å². The largest absolute Gasteiger partial charge is 0.391 e. The monoisotopic (exact) mass is 412 g/mol. The summed E-state index contributed by atoms with van der Waals surface area (Å²) >= 11 is 0. The fourth-order valence-corrected chi connectivity index (χ4v) is 5.50. The molecule has 0 aromatic heterocycles. The van der Waals surface area contributed by atoms with Crippen molar-refractivity contribution in [3.05, 3.63) is 12.3 Å². The SMILES string of the molecule is C=C[Si](C)(OCCCCCCCCCCCCCCCCC)OC(C)CCC. The standard InChI is InChI=1S/C25H52O2Si/c1-6-9-10-11-12-13-14-15-16-17-18-19-20-21-22-24-26-28(5,8-3)27-25(4)23-7-2/h8,25H,3,6-7,9-24H2,1-2,4-5H3. The second kappa shape index (κ2) is 20.2. The van der Waals surface area contributed by atoms with E-state index >= 15 is 0 Å². The second-order valence-electron chi connectivity index (χ2n) is 8.74. The van der Waals surface area contributed by atoms with E-state index in [0.29, 0.717) is 0 Å². The normalized spacial score (nSPS) is 14.7. The van der Waals surface area contributed by atoms with Gasteiger partial charge in [-0.1, -0.05) is 110 Å². The van der Waals surface area contributed by atoms with E-state index < -0.39 is 8.56 Å². The molecule has 0 aliphatic carbocycles. The van der Waals surface area contributed by atoms with Gasteiger partial charge in [0.1, 0.15) is 0 Å². The Labute approximate surface area is 179 Å². The molecule has 0 amide bonds. The van der Waals surface area contributed by atoms with Crippen molar-refractivity contribution in [1.82, 2.24) is 0 Å². The maximum atomic E-state index is 6.15. The fourth-order valence-electron chi connectivity index (χ4n) is 3.75. The predicted molar refractivity (Wildman–Crippen MR) is 128 cm³/mol. The average molecular weight is 413 g/mol. The molecule has 2 atom stereocenters. The molecule has 0 aliphatic heterocycles. The number of rotatable bonds is 22. The van der Waals surface area contributed by atoms with Crippen LogP contribution >= 0.6 is 0 Å². The number of unbranched alkanes of at least 4 members (excludes halogenated alkanes) is 14. The molecule has 0 saturated carbocycles. The van der Waals surface area contributed by atoms with Gasteiger partial charge < -0.3 is 8.85 Å². The van der Waals surface area contributed by atoms with Crippen LogP contribution in [0.4, 0.5) is 0 Å². The van der Waals surface area contributed by atoms with E-state index in [2.05, 4.69) is 33.9 Å². The first-order chi connectivity index (χ1) is 13.6. The quantitative estimate of drug-likeness (QED) is 0.130. The molecule has 0 radical (unpaired) electrons. The van der Waals surface area contributed by atoms with E-state index in [-0.39, 0.29) is 6.10 Å². The van der Waals surface area contributed by atoms with Crippen LogP contribution < -0.4 is 0 Å². The van der Waals surface area contributed by atoms with Crippen LogP contribution in [0.15, 0.2) is 12.3 Å². The lowest BCUT2D eigenvalue weighted by molar-refractivity contribution is 0.127. The molecule has 3 heteroatoms. The van der Waals surface area contributed by atoms with Gasteiger partial charge in [-0.2, -0.15) is 0 Å². The van der Waals surface area contributed by atoms with Gasteiger partial charge in [0.25, 0.3) is 0 Å². The third-order valence-electron chi connectivity index (χ3n) is 5.64. The number of hydrogen-bond acceptors (Lipinski definition) is 2. The highest BCUT2D eigenvalue weighted by molar-refractivity contribution is 6.71. The third kappa shape index (κ3) is 17.9. The van der Waals surface area contributed by atoms with Crippen LogP contribution in [0.2, 0.25) is 6.55 Å². The maximum absolute atomic E-state index is 6.15. The summed E-state index contributed by atoms with van der Waals surface area (Å²) in [5, 5.41) is 0. The Morgan fingerprint density at radius 2 is 1.14 bits per heavy atom. The summed E-state index contributed by atoms with van der Waals surface area (Å²) in [5.41, 5.74) is 1.93. The van der Waals surface area contributed by atoms with Crippen molar-refractivity contribution in [2.24, 2.45) is 0 Å². The van der Waals surface area contributed by atoms with Gasteiger partial charge in [0.2, 0.25) is 0 Å².